The molecule has 0 aliphatic carbocycles. The summed E-state index contributed by atoms with van der Waals surface area (Å²) in [6.45, 7) is 6.89. The third-order valence-electron chi connectivity index (χ3n) is 2.93. The van der Waals surface area contributed by atoms with Crippen molar-refractivity contribution in [3.63, 3.8) is 0 Å². The minimum absolute atomic E-state index is 0.147. The largest absolute Gasteiger partial charge is 0.310 e. The highest BCUT2D eigenvalue weighted by Crippen LogP contribution is 2.28. The molecule has 1 heterocycles. The van der Waals surface area contributed by atoms with Crippen LogP contribution >= 0.6 is 11.8 Å². The lowest BCUT2D eigenvalue weighted by molar-refractivity contribution is 0.556. The molecular weight excluding hydrogens is 275 g/mol. The quantitative estimate of drug-likeness (QED) is 0.856. The van der Waals surface area contributed by atoms with Crippen molar-refractivity contribution in [3.8, 4) is 0 Å². The van der Waals surface area contributed by atoms with Crippen LogP contribution in [0.5, 0.6) is 0 Å². The van der Waals surface area contributed by atoms with Gasteiger partial charge in [-0.1, -0.05) is 13.0 Å². The number of aryl methyl sites for hydroxylation is 1. The Labute approximate surface area is 122 Å². The topological polar surface area (TPSA) is 53.6 Å². The van der Waals surface area contributed by atoms with Crippen LogP contribution in [-0.2, 0) is 0 Å². The smallest absolute Gasteiger partial charge is 0.213 e. The third kappa shape index (κ3) is 3.80. The van der Waals surface area contributed by atoms with Gasteiger partial charge in [-0.15, -0.1) is 5.10 Å². The van der Waals surface area contributed by atoms with Crippen LogP contribution < -0.4 is 5.32 Å². The summed E-state index contributed by atoms with van der Waals surface area (Å²) in [6.07, 6.45) is 1.06. The maximum absolute atomic E-state index is 14.1. The van der Waals surface area contributed by atoms with Crippen LogP contribution in [0.3, 0.4) is 0 Å². The Bertz CT molecular complexity index is 570. The number of hydrogen-bond donors (Lipinski definition) is 2. The maximum Gasteiger partial charge on any atom is 0.213 e. The van der Waals surface area contributed by atoms with Crippen molar-refractivity contribution in [2.75, 3.05) is 6.54 Å². The standard InChI is InChI=1S/C14H19FN4S/c1-4-7-16-9(2)11-5-6-13(12(15)8-11)20-14-17-10(3)18-19-14/h5-6,8-9,16H,4,7H2,1-3H3,(H,17,18,19). The molecule has 0 aliphatic heterocycles. The number of aromatic nitrogens is 3. The number of benzene rings is 1. The molecule has 2 N–H and O–H groups in total. The highest BCUT2D eigenvalue weighted by molar-refractivity contribution is 7.99. The normalized spacial score (nSPS) is 12.6. The summed E-state index contributed by atoms with van der Waals surface area (Å²) in [6, 6.07) is 5.45. The first-order valence-electron chi connectivity index (χ1n) is 6.70. The Morgan fingerprint density at radius 1 is 1.45 bits per heavy atom. The molecule has 0 bridgehead atoms. The summed E-state index contributed by atoms with van der Waals surface area (Å²) in [4.78, 5) is 4.70. The highest BCUT2D eigenvalue weighted by Gasteiger charge is 2.11. The summed E-state index contributed by atoms with van der Waals surface area (Å²) < 4.78 is 14.1. The Morgan fingerprint density at radius 3 is 2.85 bits per heavy atom. The minimum Gasteiger partial charge on any atom is -0.310 e. The number of halogens is 1. The number of rotatable bonds is 6. The van der Waals surface area contributed by atoms with E-state index in [1.165, 1.54) is 11.8 Å². The first kappa shape index (κ1) is 15.0. The highest BCUT2D eigenvalue weighted by atomic mass is 32.2. The summed E-state index contributed by atoms with van der Waals surface area (Å²) >= 11 is 1.22. The molecule has 2 rings (SSSR count). The van der Waals surface area contributed by atoms with Gasteiger partial charge in [0.15, 0.2) is 0 Å². The first-order valence-corrected chi connectivity index (χ1v) is 7.51. The van der Waals surface area contributed by atoms with E-state index in [2.05, 4.69) is 27.4 Å². The molecule has 20 heavy (non-hydrogen) atoms. The molecule has 0 amide bonds. The molecule has 0 saturated heterocycles. The van der Waals surface area contributed by atoms with Crippen molar-refractivity contribution >= 4 is 11.8 Å². The summed E-state index contributed by atoms with van der Waals surface area (Å²) in [5, 5.41) is 10.6. The van der Waals surface area contributed by atoms with E-state index in [1.807, 2.05) is 19.9 Å². The van der Waals surface area contributed by atoms with Gasteiger partial charge in [0.1, 0.15) is 11.6 Å². The van der Waals surface area contributed by atoms with Crippen molar-refractivity contribution in [1.82, 2.24) is 20.5 Å². The van der Waals surface area contributed by atoms with Crippen molar-refractivity contribution in [2.24, 2.45) is 0 Å². The van der Waals surface area contributed by atoms with Crippen molar-refractivity contribution < 1.29 is 4.39 Å². The molecule has 0 fully saturated rings. The third-order valence-corrected chi connectivity index (χ3v) is 3.85. The average molecular weight is 294 g/mol. The van der Waals surface area contributed by atoms with Gasteiger partial charge in [-0.3, -0.25) is 5.10 Å². The fourth-order valence-electron chi connectivity index (χ4n) is 1.81. The zero-order valence-corrected chi connectivity index (χ0v) is 12.7. The molecule has 4 nitrogen and oxygen atoms in total. The van der Waals surface area contributed by atoms with E-state index in [-0.39, 0.29) is 11.9 Å². The summed E-state index contributed by atoms with van der Waals surface area (Å²) in [5.41, 5.74) is 0.950. The number of hydrogen-bond acceptors (Lipinski definition) is 4. The van der Waals surface area contributed by atoms with E-state index >= 15 is 0 Å². The number of H-pyrrole nitrogens is 1. The molecule has 1 atom stereocenters. The lowest BCUT2D eigenvalue weighted by Gasteiger charge is -2.14. The van der Waals surface area contributed by atoms with Gasteiger partial charge in [0.05, 0.1) is 4.90 Å². The molecule has 1 aromatic heterocycles. The molecule has 108 valence electrons. The zero-order valence-electron chi connectivity index (χ0n) is 11.9. The van der Waals surface area contributed by atoms with E-state index < -0.39 is 0 Å². The fourth-order valence-corrected chi connectivity index (χ4v) is 2.58. The average Bonchev–Trinajstić information content (AvgIpc) is 2.83. The van der Waals surface area contributed by atoms with Crippen LogP contribution in [0.25, 0.3) is 0 Å². The first-order chi connectivity index (χ1) is 9.60. The second kappa shape index (κ2) is 6.85. The Hall–Kier alpha value is -1.40. The van der Waals surface area contributed by atoms with Gasteiger partial charge in [-0.05, 0) is 56.3 Å². The van der Waals surface area contributed by atoms with Crippen LogP contribution in [0.1, 0.15) is 37.7 Å². The molecule has 0 spiro atoms. The molecule has 6 heteroatoms. The lowest BCUT2D eigenvalue weighted by atomic mass is 10.1. The van der Waals surface area contributed by atoms with E-state index in [9.17, 15) is 4.39 Å². The van der Waals surface area contributed by atoms with Gasteiger partial charge in [-0.2, -0.15) is 0 Å². The maximum atomic E-state index is 14.1. The van der Waals surface area contributed by atoms with Crippen LogP contribution in [0.2, 0.25) is 0 Å². The van der Waals surface area contributed by atoms with Gasteiger partial charge in [-0.25, -0.2) is 9.37 Å². The van der Waals surface area contributed by atoms with Gasteiger partial charge in [0.2, 0.25) is 5.16 Å². The molecular formula is C14H19FN4S. The Kier molecular flexibility index (Phi) is 5.14. The van der Waals surface area contributed by atoms with Crippen LogP contribution in [0, 0.1) is 12.7 Å². The van der Waals surface area contributed by atoms with E-state index in [1.54, 1.807) is 12.1 Å². The van der Waals surface area contributed by atoms with Gasteiger partial charge in [0, 0.05) is 6.04 Å². The summed E-state index contributed by atoms with van der Waals surface area (Å²) in [7, 11) is 0. The second-order valence-electron chi connectivity index (χ2n) is 4.67. The number of nitrogens with zero attached hydrogens (tertiary/aromatic N) is 2. The van der Waals surface area contributed by atoms with Crippen LogP contribution in [0.4, 0.5) is 4.39 Å². The Balaban J connectivity index is 2.09. The lowest BCUT2D eigenvalue weighted by Crippen LogP contribution is -2.19. The molecule has 2 aromatic rings. The molecule has 0 radical (unpaired) electrons. The Morgan fingerprint density at radius 2 is 2.25 bits per heavy atom. The SMILES string of the molecule is CCCNC(C)c1ccc(Sc2n[nH]c(C)n2)c(F)c1. The van der Waals surface area contributed by atoms with Crippen LogP contribution in [-0.4, -0.2) is 21.7 Å². The number of nitrogens with one attached hydrogen (secondary N) is 2. The molecule has 1 aromatic carbocycles. The zero-order chi connectivity index (χ0) is 14.5. The van der Waals surface area contributed by atoms with Gasteiger partial charge >= 0.3 is 0 Å². The fraction of sp³-hybridized carbons (Fsp3) is 0.429. The van der Waals surface area contributed by atoms with Gasteiger partial charge in [0.25, 0.3) is 0 Å². The summed E-state index contributed by atoms with van der Waals surface area (Å²) in [5.74, 6) is 0.488. The van der Waals surface area contributed by atoms with Crippen molar-refractivity contribution in [3.05, 3.63) is 35.4 Å². The minimum atomic E-state index is -0.236. The van der Waals surface area contributed by atoms with Crippen molar-refractivity contribution in [1.29, 1.82) is 0 Å². The second-order valence-corrected chi connectivity index (χ2v) is 5.68. The van der Waals surface area contributed by atoms with E-state index in [0.717, 1.165) is 24.4 Å². The monoisotopic (exact) mass is 294 g/mol. The number of aromatic amines is 1. The molecule has 0 saturated carbocycles. The predicted octanol–water partition coefficient (Wildman–Crippen LogP) is 3.46. The van der Waals surface area contributed by atoms with Crippen molar-refractivity contribution in [2.45, 2.75) is 43.3 Å². The molecule has 0 aliphatic rings. The molecule has 1 unspecified atom stereocenters. The van der Waals surface area contributed by atoms with Gasteiger partial charge < -0.3 is 5.32 Å². The van der Waals surface area contributed by atoms with E-state index in [0.29, 0.717) is 10.1 Å². The van der Waals surface area contributed by atoms with Crippen LogP contribution in [0.15, 0.2) is 28.3 Å². The predicted molar refractivity (Wildman–Crippen MR) is 78.4 cm³/mol. The van der Waals surface area contributed by atoms with E-state index in [4.69, 9.17) is 0 Å².